The predicted molar refractivity (Wildman–Crippen MR) is 138 cm³/mol. The van der Waals surface area contributed by atoms with Gasteiger partial charge in [-0.05, 0) is 42.5 Å². The topological polar surface area (TPSA) is 59.5 Å². The summed E-state index contributed by atoms with van der Waals surface area (Å²) < 4.78 is 5.59. The molecule has 4 aromatic rings. The lowest BCUT2D eigenvalue weighted by atomic mass is 10.0. The van der Waals surface area contributed by atoms with Crippen molar-refractivity contribution in [2.75, 3.05) is 13.2 Å². The van der Waals surface area contributed by atoms with Crippen LogP contribution in [0.2, 0.25) is 0 Å². The monoisotopic (exact) mass is 466 g/mol. The van der Waals surface area contributed by atoms with Crippen molar-refractivity contribution in [1.29, 1.82) is 0 Å². The van der Waals surface area contributed by atoms with Gasteiger partial charge in [-0.3, -0.25) is 9.78 Å². The maximum atomic E-state index is 13.2. The van der Waals surface area contributed by atoms with Crippen LogP contribution in [0.5, 0.6) is 0 Å². The second-order valence-corrected chi connectivity index (χ2v) is 8.54. The zero-order valence-electron chi connectivity index (χ0n) is 20.2. The van der Waals surface area contributed by atoms with Crippen molar-refractivity contribution in [1.82, 2.24) is 9.88 Å². The van der Waals surface area contributed by atoms with Crippen molar-refractivity contribution in [2.24, 2.45) is 0 Å². The number of para-hydroxylation sites is 1. The van der Waals surface area contributed by atoms with E-state index in [4.69, 9.17) is 4.74 Å². The summed E-state index contributed by atoms with van der Waals surface area (Å²) >= 11 is 0. The number of benzene rings is 3. The van der Waals surface area contributed by atoms with Gasteiger partial charge >= 0.3 is 5.97 Å². The first-order valence-corrected chi connectivity index (χ1v) is 12.0. The van der Waals surface area contributed by atoms with Gasteiger partial charge in [-0.1, -0.05) is 85.8 Å². The molecule has 0 atom stereocenters. The van der Waals surface area contributed by atoms with Gasteiger partial charge in [0.2, 0.25) is 0 Å². The van der Waals surface area contributed by atoms with Crippen molar-refractivity contribution < 1.29 is 14.3 Å². The molecule has 0 N–H and O–H groups in total. The molecule has 5 heteroatoms. The Labute approximate surface area is 206 Å². The fourth-order valence-corrected chi connectivity index (χ4v) is 4.26. The van der Waals surface area contributed by atoms with Crippen LogP contribution in [0.25, 0.3) is 10.9 Å². The summed E-state index contributed by atoms with van der Waals surface area (Å²) in [5.74, 6) is -0.711. The molecule has 0 bridgehead atoms. The molecule has 0 spiro atoms. The maximum absolute atomic E-state index is 13.2. The number of pyridine rings is 1. The molecule has 0 aliphatic heterocycles. The predicted octanol–water partition coefficient (Wildman–Crippen LogP) is 5.53. The van der Waals surface area contributed by atoms with E-state index in [0.717, 1.165) is 39.7 Å². The molecule has 3 aromatic carbocycles. The molecule has 0 saturated heterocycles. The third-order valence-corrected chi connectivity index (χ3v) is 6.18. The molecule has 178 valence electrons. The molecule has 1 aromatic heterocycles. The first kappa shape index (κ1) is 24.1. The molecule has 0 aliphatic carbocycles. The van der Waals surface area contributed by atoms with Crippen molar-refractivity contribution >= 4 is 22.8 Å². The molecule has 0 unspecified atom stereocenters. The molecule has 1 amide bonds. The smallest absolute Gasteiger partial charge is 0.339 e. The SMILES string of the molecule is CCc1nc2ccccc2c(C(=O)OCC(=O)N(CCc2ccccc2)Cc2ccccc2)c1C. The van der Waals surface area contributed by atoms with Crippen molar-refractivity contribution in [2.45, 2.75) is 33.2 Å². The first-order valence-electron chi connectivity index (χ1n) is 12.0. The van der Waals surface area contributed by atoms with E-state index in [9.17, 15) is 9.59 Å². The average Bonchev–Trinajstić information content (AvgIpc) is 2.90. The number of aryl methyl sites for hydroxylation is 1. The summed E-state index contributed by atoms with van der Waals surface area (Å²) in [4.78, 5) is 32.8. The summed E-state index contributed by atoms with van der Waals surface area (Å²) in [5, 5.41) is 0.741. The number of amides is 1. The maximum Gasteiger partial charge on any atom is 0.339 e. The number of carbonyl (C=O) groups is 2. The van der Waals surface area contributed by atoms with Crippen LogP contribution in [-0.2, 0) is 28.9 Å². The Morgan fingerprint density at radius 3 is 2.17 bits per heavy atom. The third-order valence-electron chi connectivity index (χ3n) is 6.18. The van der Waals surface area contributed by atoms with Crippen LogP contribution in [0.4, 0.5) is 0 Å². The lowest BCUT2D eigenvalue weighted by molar-refractivity contribution is -0.135. The molecule has 35 heavy (non-hydrogen) atoms. The van der Waals surface area contributed by atoms with Gasteiger partial charge in [0, 0.05) is 24.2 Å². The van der Waals surface area contributed by atoms with Crippen molar-refractivity contribution in [3.8, 4) is 0 Å². The standard InChI is InChI=1S/C30H30N2O3/c1-3-26-22(2)29(25-16-10-11-17-27(25)31-26)30(34)35-21-28(33)32(20-24-14-8-5-9-15-24)19-18-23-12-6-4-7-13-23/h4-17H,3,18-21H2,1-2H3. The first-order chi connectivity index (χ1) is 17.1. The second-order valence-electron chi connectivity index (χ2n) is 8.54. The summed E-state index contributed by atoms with van der Waals surface area (Å²) in [6, 6.07) is 27.4. The summed E-state index contributed by atoms with van der Waals surface area (Å²) in [5.41, 5.74) is 5.08. The number of ether oxygens (including phenoxy) is 1. The number of esters is 1. The zero-order valence-corrected chi connectivity index (χ0v) is 20.2. The highest BCUT2D eigenvalue weighted by Gasteiger charge is 2.21. The number of hydrogen-bond acceptors (Lipinski definition) is 4. The highest BCUT2D eigenvalue weighted by Crippen LogP contribution is 2.24. The minimum Gasteiger partial charge on any atom is -0.452 e. The molecule has 0 saturated carbocycles. The summed E-state index contributed by atoms with van der Waals surface area (Å²) in [6.45, 7) is 4.58. The van der Waals surface area contributed by atoms with Crippen LogP contribution in [0.1, 0.15) is 39.7 Å². The lowest BCUT2D eigenvalue weighted by Crippen LogP contribution is -2.36. The van der Waals surface area contributed by atoms with E-state index in [0.29, 0.717) is 25.1 Å². The van der Waals surface area contributed by atoms with Gasteiger partial charge in [0.25, 0.3) is 5.91 Å². The highest BCUT2D eigenvalue weighted by atomic mass is 16.5. The van der Waals surface area contributed by atoms with Gasteiger partial charge in [0.1, 0.15) is 0 Å². The molecule has 5 nitrogen and oxygen atoms in total. The van der Waals surface area contributed by atoms with Crippen LogP contribution in [0.3, 0.4) is 0 Å². The summed E-state index contributed by atoms with van der Waals surface area (Å²) in [7, 11) is 0. The molecular formula is C30H30N2O3. The van der Waals surface area contributed by atoms with Gasteiger partial charge in [-0.2, -0.15) is 0 Å². The fourth-order valence-electron chi connectivity index (χ4n) is 4.26. The number of carbonyl (C=O) groups excluding carboxylic acids is 2. The number of aromatic nitrogens is 1. The van der Waals surface area contributed by atoms with Gasteiger partial charge < -0.3 is 9.64 Å². The molecule has 0 fully saturated rings. The van der Waals surface area contributed by atoms with Crippen LogP contribution >= 0.6 is 0 Å². The number of fused-ring (bicyclic) bond motifs is 1. The number of nitrogens with zero attached hydrogens (tertiary/aromatic N) is 2. The average molecular weight is 467 g/mol. The minimum atomic E-state index is -0.494. The van der Waals surface area contributed by atoms with Crippen molar-refractivity contribution in [3.63, 3.8) is 0 Å². The fraction of sp³-hybridized carbons (Fsp3) is 0.233. The minimum absolute atomic E-state index is 0.218. The van der Waals surface area contributed by atoms with Crippen LogP contribution < -0.4 is 0 Å². The molecule has 0 radical (unpaired) electrons. The van der Waals surface area contributed by atoms with E-state index in [1.165, 1.54) is 0 Å². The Balaban J connectivity index is 1.51. The zero-order chi connectivity index (χ0) is 24.6. The Morgan fingerprint density at radius 2 is 1.49 bits per heavy atom. The van der Waals surface area contributed by atoms with E-state index in [2.05, 4.69) is 4.98 Å². The number of rotatable bonds is 9. The van der Waals surface area contributed by atoms with Crippen LogP contribution in [0, 0.1) is 6.92 Å². The Hall–Kier alpha value is -3.99. The lowest BCUT2D eigenvalue weighted by Gasteiger charge is -2.23. The summed E-state index contributed by atoms with van der Waals surface area (Å²) in [6.07, 6.45) is 1.43. The van der Waals surface area contributed by atoms with Crippen molar-refractivity contribution in [3.05, 3.63) is 113 Å². The quantitative estimate of drug-likeness (QED) is 0.304. The third kappa shape index (κ3) is 5.93. The number of hydrogen-bond donors (Lipinski definition) is 0. The molecule has 4 rings (SSSR count). The largest absolute Gasteiger partial charge is 0.452 e. The Morgan fingerprint density at radius 1 is 0.857 bits per heavy atom. The molecule has 1 heterocycles. The Bertz CT molecular complexity index is 1300. The van der Waals surface area contributed by atoms with Gasteiger partial charge in [-0.15, -0.1) is 0 Å². The van der Waals surface area contributed by atoms with E-state index in [1.807, 2.05) is 98.8 Å². The van der Waals surface area contributed by atoms with Crippen LogP contribution in [-0.4, -0.2) is 34.9 Å². The van der Waals surface area contributed by atoms with Gasteiger partial charge in [-0.25, -0.2) is 4.79 Å². The normalized spacial score (nSPS) is 10.8. The Kier molecular flexibility index (Phi) is 7.88. The molecule has 0 aliphatic rings. The van der Waals surface area contributed by atoms with Gasteiger partial charge in [0.05, 0.1) is 11.1 Å². The van der Waals surface area contributed by atoms with E-state index >= 15 is 0 Å². The van der Waals surface area contributed by atoms with Gasteiger partial charge in [0.15, 0.2) is 6.61 Å². The van der Waals surface area contributed by atoms with E-state index in [1.54, 1.807) is 4.90 Å². The molecular weight excluding hydrogens is 436 g/mol. The highest BCUT2D eigenvalue weighted by molar-refractivity contribution is 6.05. The van der Waals surface area contributed by atoms with E-state index < -0.39 is 5.97 Å². The van der Waals surface area contributed by atoms with E-state index in [-0.39, 0.29) is 12.5 Å². The van der Waals surface area contributed by atoms with Crippen LogP contribution in [0.15, 0.2) is 84.9 Å². The second kappa shape index (κ2) is 11.4.